The van der Waals surface area contributed by atoms with E-state index in [9.17, 15) is 18.4 Å². The minimum Gasteiger partial charge on any atom is -0.444 e. The summed E-state index contributed by atoms with van der Waals surface area (Å²) in [5.41, 5.74) is -0.739. The minimum atomic E-state index is -2.91. The lowest BCUT2D eigenvalue weighted by Crippen LogP contribution is -2.45. The molecule has 0 unspecified atom stereocenters. The molecule has 5 nitrogen and oxygen atoms in total. The third kappa shape index (κ3) is 4.64. The first-order chi connectivity index (χ1) is 7.59. The van der Waals surface area contributed by atoms with Gasteiger partial charge in [0.05, 0.1) is 12.6 Å². The van der Waals surface area contributed by atoms with E-state index in [4.69, 9.17) is 4.74 Å². The highest BCUT2D eigenvalue weighted by Crippen LogP contribution is 2.25. The average molecular weight is 250 g/mol. The van der Waals surface area contributed by atoms with Gasteiger partial charge in [0.1, 0.15) is 5.60 Å². The number of hydrogen-bond acceptors (Lipinski definition) is 4. The minimum absolute atomic E-state index is 0.556. The van der Waals surface area contributed by atoms with Crippen LogP contribution in [-0.4, -0.2) is 36.1 Å². The van der Waals surface area contributed by atoms with E-state index in [2.05, 4.69) is 5.32 Å². The molecule has 2 amide bonds. The van der Waals surface area contributed by atoms with E-state index >= 15 is 0 Å². The number of imide groups is 1. The third-order valence-electron chi connectivity index (χ3n) is 2.05. The number of ether oxygens (including phenoxy) is 1. The molecule has 2 N–H and O–H groups in total. The van der Waals surface area contributed by atoms with Gasteiger partial charge in [0.25, 0.3) is 5.92 Å². The van der Waals surface area contributed by atoms with Crippen molar-refractivity contribution in [1.82, 2.24) is 10.6 Å². The molecular weight excluding hydrogens is 234 g/mol. The van der Waals surface area contributed by atoms with Gasteiger partial charge < -0.3 is 4.74 Å². The molecule has 0 aromatic rings. The number of nitrogens with one attached hydrogen (secondary N) is 2. The molecule has 1 fully saturated rings. The molecule has 0 aliphatic carbocycles. The van der Waals surface area contributed by atoms with Gasteiger partial charge in [-0.2, -0.15) is 0 Å². The van der Waals surface area contributed by atoms with Gasteiger partial charge in [0, 0.05) is 6.42 Å². The lowest BCUT2D eigenvalue weighted by Gasteiger charge is -2.20. The van der Waals surface area contributed by atoms with Crippen molar-refractivity contribution < 1.29 is 23.1 Å². The molecule has 0 saturated carbocycles. The van der Waals surface area contributed by atoms with Crippen LogP contribution in [0.25, 0.3) is 0 Å². The Labute approximate surface area is 97.9 Å². The third-order valence-corrected chi connectivity index (χ3v) is 2.05. The maximum atomic E-state index is 12.8. The van der Waals surface area contributed by atoms with Gasteiger partial charge in [0.15, 0.2) is 0 Å². The van der Waals surface area contributed by atoms with Gasteiger partial charge in [-0.25, -0.2) is 13.6 Å². The number of carbonyl (C=O) groups is 2. The molecule has 0 aromatic carbocycles. The largest absolute Gasteiger partial charge is 0.444 e. The van der Waals surface area contributed by atoms with Crippen LogP contribution in [0, 0.1) is 0 Å². The molecule has 98 valence electrons. The van der Waals surface area contributed by atoms with Crippen molar-refractivity contribution in [3.63, 3.8) is 0 Å². The highest BCUT2D eigenvalue weighted by molar-refractivity contribution is 5.95. The van der Waals surface area contributed by atoms with Crippen LogP contribution in [0.4, 0.5) is 13.6 Å². The van der Waals surface area contributed by atoms with Gasteiger partial charge in [-0.05, 0) is 20.8 Å². The number of hydrogen-bond donors (Lipinski definition) is 2. The summed E-state index contributed by atoms with van der Waals surface area (Å²) in [6.07, 6.45) is -1.54. The molecule has 7 heteroatoms. The standard InChI is InChI=1S/C10H16F2N2O3/c1-9(2,3)17-8(16)14-7(15)6-4-10(11,12)5-13-6/h6,13H,4-5H2,1-3H3,(H,14,15,16)/t6-/m0/s1. The Morgan fingerprint density at radius 2 is 2.00 bits per heavy atom. The van der Waals surface area contributed by atoms with Gasteiger partial charge in [-0.1, -0.05) is 0 Å². The second kappa shape index (κ2) is 4.56. The van der Waals surface area contributed by atoms with E-state index in [0.717, 1.165) is 0 Å². The fourth-order valence-electron chi connectivity index (χ4n) is 1.39. The number of rotatable bonds is 1. The Bertz CT molecular complexity index is 326. The summed E-state index contributed by atoms with van der Waals surface area (Å²) in [5.74, 6) is -3.70. The molecule has 17 heavy (non-hydrogen) atoms. The SMILES string of the molecule is CC(C)(C)OC(=O)NC(=O)[C@@H]1CC(F)(F)CN1. The normalized spacial score (nSPS) is 23.2. The van der Waals surface area contributed by atoms with Crippen LogP contribution < -0.4 is 10.6 Å². The van der Waals surface area contributed by atoms with Crippen LogP contribution in [0.15, 0.2) is 0 Å². The van der Waals surface area contributed by atoms with Crippen LogP contribution in [0.5, 0.6) is 0 Å². The summed E-state index contributed by atoms with van der Waals surface area (Å²) in [6.45, 7) is 4.36. The van der Waals surface area contributed by atoms with Crippen molar-refractivity contribution in [1.29, 1.82) is 0 Å². The predicted octanol–water partition coefficient (Wildman–Crippen LogP) is 1.03. The molecule has 0 radical (unpaired) electrons. The summed E-state index contributed by atoms with van der Waals surface area (Å²) < 4.78 is 30.4. The average Bonchev–Trinajstić information content (AvgIpc) is 2.42. The van der Waals surface area contributed by atoms with E-state index in [1.165, 1.54) is 0 Å². The number of carbonyl (C=O) groups excluding carboxylic acids is 2. The molecule has 1 aliphatic rings. The Morgan fingerprint density at radius 1 is 1.41 bits per heavy atom. The Hall–Kier alpha value is -1.24. The highest BCUT2D eigenvalue weighted by atomic mass is 19.3. The zero-order valence-electron chi connectivity index (χ0n) is 9.97. The summed E-state index contributed by atoms with van der Waals surface area (Å²) in [5, 5.41) is 4.27. The first-order valence-electron chi connectivity index (χ1n) is 5.24. The molecule has 0 spiro atoms. The van der Waals surface area contributed by atoms with E-state index in [0.29, 0.717) is 0 Å². The lowest BCUT2D eigenvalue weighted by molar-refractivity contribution is -0.123. The smallest absolute Gasteiger partial charge is 0.414 e. The highest BCUT2D eigenvalue weighted by Gasteiger charge is 2.42. The molecular formula is C10H16F2N2O3. The fraction of sp³-hybridized carbons (Fsp3) is 0.800. The monoisotopic (exact) mass is 250 g/mol. The Kier molecular flexibility index (Phi) is 3.71. The summed E-state index contributed by atoms with van der Waals surface area (Å²) >= 11 is 0. The van der Waals surface area contributed by atoms with Gasteiger partial charge in [0.2, 0.25) is 5.91 Å². The number of alkyl carbamates (subject to hydrolysis) is 1. The van der Waals surface area contributed by atoms with Gasteiger partial charge in [-0.15, -0.1) is 0 Å². The maximum absolute atomic E-state index is 12.8. The van der Waals surface area contributed by atoms with E-state index in [1.807, 2.05) is 5.32 Å². The molecule has 0 aromatic heterocycles. The molecule has 1 rings (SSSR count). The quantitative estimate of drug-likeness (QED) is 0.729. The van der Waals surface area contributed by atoms with E-state index < -0.39 is 42.5 Å². The Morgan fingerprint density at radius 3 is 2.41 bits per heavy atom. The molecule has 1 heterocycles. The topological polar surface area (TPSA) is 67.4 Å². The van der Waals surface area contributed by atoms with Crippen LogP contribution in [-0.2, 0) is 9.53 Å². The number of alkyl halides is 2. The molecule has 1 saturated heterocycles. The fourth-order valence-corrected chi connectivity index (χ4v) is 1.39. The second-order valence-corrected chi connectivity index (χ2v) is 4.98. The van der Waals surface area contributed by atoms with Crippen molar-refractivity contribution in [3.05, 3.63) is 0 Å². The molecule has 0 bridgehead atoms. The first kappa shape index (κ1) is 13.8. The van der Waals surface area contributed by atoms with Crippen molar-refractivity contribution >= 4 is 12.0 Å². The predicted molar refractivity (Wildman–Crippen MR) is 55.7 cm³/mol. The lowest BCUT2D eigenvalue weighted by atomic mass is 10.2. The summed E-state index contributed by atoms with van der Waals surface area (Å²) in [4.78, 5) is 22.6. The van der Waals surface area contributed by atoms with Crippen molar-refractivity contribution in [3.8, 4) is 0 Å². The zero-order chi connectivity index (χ0) is 13.3. The van der Waals surface area contributed by atoms with Crippen LogP contribution in [0.1, 0.15) is 27.2 Å². The van der Waals surface area contributed by atoms with Crippen molar-refractivity contribution in [2.45, 2.75) is 44.8 Å². The van der Waals surface area contributed by atoms with Crippen molar-refractivity contribution in [2.24, 2.45) is 0 Å². The van der Waals surface area contributed by atoms with E-state index in [-0.39, 0.29) is 0 Å². The molecule has 1 aliphatic heterocycles. The van der Waals surface area contributed by atoms with E-state index in [1.54, 1.807) is 20.8 Å². The van der Waals surface area contributed by atoms with Crippen LogP contribution in [0.3, 0.4) is 0 Å². The van der Waals surface area contributed by atoms with Crippen LogP contribution >= 0.6 is 0 Å². The zero-order valence-corrected chi connectivity index (χ0v) is 9.97. The number of halogens is 2. The van der Waals surface area contributed by atoms with Crippen LogP contribution in [0.2, 0.25) is 0 Å². The first-order valence-corrected chi connectivity index (χ1v) is 5.24. The Balaban J connectivity index is 2.43. The second-order valence-electron chi connectivity index (χ2n) is 4.98. The van der Waals surface area contributed by atoms with Gasteiger partial charge >= 0.3 is 6.09 Å². The molecule has 1 atom stereocenters. The summed E-state index contributed by atoms with van der Waals surface area (Å²) in [6, 6.07) is -1.06. The summed E-state index contributed by atoms with van der Waals surface area (Å²) in [7, 11) is 0. The number of amides is 2. The van der Waals surface area contributed by atoms with Gasteiger partial charge in [-0.3, -0.25) is 15.4 Å². The van der Waals surface area contributed by atoms with Crippen molar-refractivity contribution in [2.75, 3.05) is 6.54 Å². The maximum Gasteiger partial charge on any atom is 0.414 e.